The first-order valence-electron chi connectivity index (χ1n) is 6.26. The van der Waals surface area contributed by atoms with Crippen LogP contribution in [0.4, 0.5) is 5.69 Å². The molecular weight excluding hydrogens is 210 g/mol. The third kappa shape index (κ3) is 4.36. The number of anilines is 1. The molecule has 0 fully saturated rings. The molecule has 3 nitrogen and oxygen atoms in total. The van der Waals surface area contributed by atoms with Crippen molar-refractivity contribution in [1.29, 1.82) is 0 Å². The van der Waals surface area contributed by atoms with Crippen molar-refractivity contribution in [2.75, 3.05) is 39.1 Å². The summed E-state index contributed by atoms with van der Waals surface area (Å²) in [5.74, 6) is 0. The minimum Gasteiger partial charge on any atom is -0.373 e. The Hall–Kier alpha value is -1.06. The lowest BCUT2D eigenvalue weighted by atomic mass is 10.1. The highest BCUT2D eigenvalue weighted by Gasteiger charge is 2.05. The molecule has 0 spiro atoms. The van der Waals surface area contributed by atoms with E-state index in [1.807, 2.05) is 0 Å². The summed E-state index contributed by atoms with van der Waals surface area (Å²) in [7, 11) is 6.31. The van der Waals surface area contributed by atoms with E-state index in [2.05, 4.69) is 62.1 Å². The van der Waals surface area contributed by atoms with Gasteiger partial charge >= 0.3 is 0 Å². The van der Waals surface area contributed by atoms with Gasteiger partial charge in [0.15, 0.2) is 0 Å². The summed E-state index contributed by atoms with van der Waals surface area (Å²) in [5, 5.41) is 0. The van der Waals surface area contributed by atoms with Crippen LogP contribution in [0.1, 0.15) is 24.9 Å². The van der Waals surface area contributed by atoms with Crippen molar-refractivity contribution in [1.82, 2.24) is 4.90 Å². The third-order valence-electron chi connectivity index (χ3n) is 3.08. The molecule has 1 rings (SSSR count). The van der Waals surface area contributed by atoms with Crippen molar-refractivity contribution in [3.8, 4) is 0 Å². The van der Waals surface area contributed by atoms with E-state index in [1.165, 1.54) is 11.3 Å². The summed E-state index contributed by atoms with van der Waals surface area (Å²) in [6.45, 7) is 4.21. The van der Waals surface area contributed by atoms with Crippen LogP contribution >= 0.6 is 0 Å². The summed E-state index contributed by atoms with van der Waals surface area (Å²) >= 11 is 0. The van der Waals surface area contributed by atoms with E-state index in [0.29, 0.717) is 0 Å². The summed E-state index contributed by atoms with van der Waals surface area (Å²) in [6, 6.07) is 8.74. The molecule has 2 N–H and O–H groups in total. The summed E-state index contributed by atoms with van der Waals surface area (Å²) in [5.41, 5.74) is 8.47. The molecule has 0 bridgehead atoms. The Morgan fingerprint density at radius 3 is 2.12 bits per heavy atom. The zero-order chi connectivity index (χ0) is 12.8. The van der Waals surface area contributed by atoms with Crippen LogP contribution in [0.3, 0.4) is 0 Å². The SMILES string of the molecule is CCC(N)c1ccc(N(C)CCN(C)C)cc1. The van der Waals surface area contributed by atoms with Crippen molar-refractivity contribution < 1.29 is 0 Å². The number of likely N-dealkylation sites (N-methyl/N-ethyl adjacent to an activating group) is 2. The highest BCUT2D eigenvalue weighted by molar-refractivity contribution is 5.47. The lowest BCUT2D eigenvalue weighted by Gasteiger charge is -2.22. The Kier molecular flexibility index (Phi) is 5.45. The largest absolute Gasteiger partial charge is 0.373 e. The first kappa shape index (κ1) is 14.0. The van der Waals surface area contributed by atoms with Crippen molar-refractivity contribution in [2.45, 2.75) is 19.4 Å². The zero-order valence-electron chi connectivity index (χ0n) is 11.5. The van der Waals surface area contributed by atoms with Gasteiger partial charge in [-0.1, -0.05) is 19.1 Å². The molecule has 0 aliphatic rings. The Morgan fingerprint density at radius 2 is 1.65 bits per heavy atom. The van der Waals surface area contributed by atoms with Gasteiger partial charge in [0, 0.05) is 31.9 Å². The molecule has 1 aromatic rings. The maximum Gasteiger partial charge on any atom is 0.0364 e. The fraction of sp³-hybridized carbons (Fsp3) is 0.571. The molecule has 96 valence electrons. The Labute approximate surface area is 105 Å². The molecule has 1 unspecified atom stereocenters. The van der Waals surface area contributed by atoms with Gasteiger partial charge in [-0.15, -0.1) is 0 Å². The number of benzene rings is 1. The van der Waals surface area contributed by atoms with Crippen LogP contribution in [-0.4, -0.2) is 39.1 Å². The van der Waals surface area contributed by atoms with E-state index >= 15 is 0 Å². The van der Waals surface area contributed by atoms with E-state index in [0.717, 1.165) is 19.5 Å². The number of hydrogen-bond acceptors (Lipinski definition) is 3. The molecule has 0 saturated carbocycles. The van der Waals surface area contributed by atoms with Gasteiger partial charge in [-0.05, 0) is 38.2 Å². The summed E-state index contributed by atoms with van der Waals surface area (Å²) < 4.78 is 0. The highest BCUT2D eigenvalue weighted by Crippen LogP contribution is 2.18. The summed E-state index contributed by atoms with van der Waals surface area (Å²) in [4.78, 5) is 4.46. The van der Waals surface area contributed by atoms with Gasteiger partial charge in [-0.2, -0.15) is 0 Å². The molecule has 0 heterocycles. The predicted octanol–water partition coefficient (Wildman–Crippen LogP) is 2.09. The van der Waals surface area contributed by atoms with Gasteiger partial charge in [0.1, 0.15) is 0 Å². The summed E-state index contributed by atoms with van der Waals surface area (Å²) in [6.07, 6.45) is 0.982. The van der Waals surface area contributed by atoms with Gasteiger partial charge < -0.3 is 15.5 Å². The molecule has 1 atom stereocenters. The number of hydrogen-bond donors (Lipinski definition) is 1. The Bertz CT molecular complexity index is 319. The minimum atomic E-state index is 0.163. The van der Waals surface area contributed by atoms with Crippen molar-refractivity contribution >= 4 is 5.69 Å². The minimum absolute atomic E-state index is 0.163. The van der Waals surface area contributed by atoms with E-state index in [4.69, 9.17) is 5.73 Å². The van der Waals surface area contributed by atoms with Crippen LogP contribution < -0.4 is 10.6 Å². The molecule has 0 aliphatic carbocycles. The molecule has 3 heteroatoms. The Balaban J connectivity index is 2.60. The molecule has 17 heavy (non-hydrogen) atoms. The highest BCUT2D eigenvalue weighted by atomic mass is 15.1. The molecular formula is C14H25N3. The van der Waals surface area contributed by atoms with Crippen molar-refractivity contribution in [3.63, 3.8) is 0 Å². The van der Waals surface area contributed by atoms with Gasteiger partial charge in [0.05, 0.1) is 0 Å². The van der Waals surface area contributed by atoms with E-state index in [9.17, 15) is 0 Å². The maximum atomic E-state index is 6.00. The normalized spacial score (nSPS) is 12.8. The second kappa shape index (κ2) is 6.62. The second-order valence-electron chi connectivity index (χ2n) is 4.83. The second-order valence-corrected chi connectivity index (χ2v) is 4.83. The van der Waals surface area contributed by atoms with Gasteiger partial charge in [0.2, 0.25) is 0 Å². The third-order valence-corrected chi connectivity index (χ3v) is 3.08. The van der Waals surface area contributed by atoms with E-state index < -0.39 is 0 Å². The quantitative estimate of drug-likeness (QED) is 0.819. The van der Waals surface area contributed by atoms with Gasteiger partial charge in [-0.3, -0.25) is 0 Å². The van der Waals surface area contributed by atoms with Gasteiger partial charge in [0.25, 0.3) is 0 Å². The Morgan fingerprint density at radius 1 is 1.06 bits per heavy atom. The van der Waals surface area contributed by atoms with Crippen LogP contribution in [0.25, 0.3) is 0 Å². The smallest absolute Gasteiger partial charge is 0.0364 e. The first-order valence-corrected chi connectivity index (χ1v) is 6.26. The van der Waals surface area contributed by atoms with Crippen LogP contribution in [0, 0.1) is 0 Å². The molecule has 0 saturated heterocycles. The number of rotatable bonds is 6. The van der Waals surface area contributed by atoms with Crippen LogP contribution in [-0.2, 0) is 0 Å². The molecule has 0 radical (unpaired) electrons. The lowest BCUT2D eigenvalue weighted by molar-refractivity contribution is 0.416. The first-order chi connectivity index (χ1) is 8.04. The van der Waals surface area contributed by atoms with Crippen LogP contribution in [0.5, 0.6) is 0 Å². The maximum absolute atomic E-state index is 6.00. The number of nitrogens with two attached hydrogens (primary N) is 1. The molecule has 0 amide bonds. The van der Waals surface area contributed by atoms with E-state index in [-0.39, 0.29) is 6.04 Å². The average Bonchev–Trinajstić information content (AvgIpc) is 2.35. The predicted molar refractivity (Wildman–Crippen MR) is 75.5 cm³/mol. The topological polar surface area (TPSA) is 32.5 Å². The zero-order valence-corrected chi connectivity index (χ0v) is 11.5. The van der Waals surface area contributed by atoms with E-state index in [1.54, 1.807) is 0 Å². The average molecular weight is 235 g/mol. The molecule has 0 aliphatic heterocycles. The van der Waals surface area contributed by atoms with Crippen LogP contribution in [0.2, 0.25) is 0 Å². The fourth-order valence-electron chi connectivity index (χ4n) is 1.69. The lowest BCUT2D eigenvalue weighted by Crippen LogP contribution is -2.28. The van der Waals surface area contributed by atoms with Gasteiger partial charge in [-0.25, -0.2) is 0 Å². The fourth-order valence-corrected chi connectivity index (χ4v) is 1.69. The molecule has 0 aromatic heterocycles. The van der Waals surface area contributed by atoms with Crippen molar-refractivity contribution in [3.05, 3.63) is 29.8 Å². The molecule has 1 aromatic carbocycles. The van der Waals surface area contributed by atoms with Crippen LogP contribution in [0.15, 0.2) is 24.3 Å². The number of nitrogens with zero attached hydrogens (tertiary/aromatic N) is 2. The van der Waals surface area contributed by atoms with Crippen molar-refractivity contribution in [2.24, 2.45) is 5.73 Å². The standard InChI is InChI=1S/C14H25N3/c1-5-14(15)12-6-8-13(9-7-12)17(4)11-10-16(2)3/h6-9,14H,5,10-11,15H2,1-4H3. The monoisotopic (exact) mass is 235 g/mol.